The Morgan fingerprint density at radius 3 is 1.37 bits per heavy atom. The maximum absolute atomic E-state index is 11.8. The number of aliphatic carboxylic acids is 1. The summed E-state index contributed by atoms with van der Waals surface area (Å²) in [6.45, 7) is 11.0. The molecule has 1 amide bonds. The first kappa shape index (κ1) is 47.8. The van der Waals surface area contributed by atoms with Gasteiger partial charge in [-0.1, -0.05) is 80.4 Å². The van der Waals surface area contributed by atoms with E-state index in [0.29, 0.717) is 25.6 Å². The summed E-state index contributed by atoms with van der Waals surface area (Å²) < 4.78 is 16.3. The van der Waals surface area contributed by atoms with Gasteiger partial charge in [-0.2, -0.15) is 0 Å². The smallest absolute Gasteiger partial charge is 0.327 e. The van der Waals surface area contributed by atoms with Crippen molar-refractivity contribution < 1.29 is 29.0 Å². The second kappa shape index (κ2) is 23.3. The van der Waals surface area contributed by atoms with Crippen LogP contribution in [0.5, 0.6) is 23.0 Å². The van der Waals surface area contributed by atoms with Gasteiger partial charge in [0.15, 0.2) is 0 Å². The van der Waals surface area contributed by atoms with E-state index >= 15 is 0 Å². The van der Waals surface area contributed by atoms with E-state index < -0.39 is 11.2 Å². The van der Waals surface area contributed by atoms with Crippen LogP contribution in [0.2, 0.25) is 0 Å². The average Bonchev–Trinajstić information content (AvgIpc) is 3.96. The summed E-state index contributed by atoms with van der Waals surface area (Å²) in [4.78, 5) is 50.3. The Labute approximate surface area is 399 Å². The number of benzene rings is 4. The van der Waals surface area contributed by atoms with Gasteiger partial charge in [-0.3, -0.25) is 9.59 Å². The highest BCUT2D eigenvalue weighted by molar-refractivity contribution is 6.66. The zero-order valence-corrected chi connectivity index (χ0v) is 38.1. The Balaban J connectivity index is 0.000000169. The van der Waals surface area contributed by atoms with Crippen molar-refractivity contribution in [3.8, 4) is 23.0 Å². The van der Waals surface area contributed by atoms with Crippen molar-refractivity contribution in [2.45, 2.75) is 44.2 Å². The highest BCUT2D eigenvalue weighted by atomic mass is 35.5. The molecule has 14 heteroatoms. The molecule has 1 saturated heterocycles. The number of ether oxygens (including phenoxy) is 2. The number of para-hydroxylation sites is 2. The number of carbonyl (C=O) groups excluding carboxylic acids is 2. The van der Waals surface area contributed by atoms with E-state index in [1.54, 1.807) is 17.6 Å². The minimum absolute atomic E-state index is 0.0259. The van der Waals surface area contributed by atoms with Crippen molar-refractivity contribution >= 4 is 50.8 Å². The van der Waals surface area contributed by atoms with Gasteiger partial charge in [-0.15, -0.1) is 0 Å². The molecule has 4 aromatic heterocycles. The normalized spacial score (nSPS) is 12.9. The number of carboxylic acid groups (broad SMARTS) is 1. The second-order valence-corrected chi connectivity index (χ2v) is 16.1. The van der Waals surface area contributed by atoms with E-state index in [1.165, 1.54) is 36.4 Å². The van der Waals surface area contributed by atoms with Gasteiger partial charge in [0.25, 0.3) is 0 Å². The monoisotopic (exact) mass is 927 g/mol. The number of carboxylic acids is 1. The molecule has 1 aliphatic carbocycles. The number of hydrogen-bond donors (Lipinski definition) is 1. The van der Waals surface area contributed by atoms with Crippen LogP contribution in [0.4, 0.5) is 0 Å². The van der Waals surface area contributed by atoms with Crippen LogP contribution in [-0.2, 0) is 27.2 Å². The number of aromatic nitrogens is 6. The number of allylic oxidation sites excluding steroid dienone is 1. The van der Waals surface area contributed by atoms with Gasteiger partial charge >= 0.3 is 5.97 Å². The lowest BCUT2D eigenvalue weighted by Gasteiger charge is -2.39. The molecule has 0 radical (unpaired) electrons. The average molecular weight is 928 g/mol. The summed E-state index contributed by atoms with van der Waals surface area (Å²) in [6, 6.07) is 40.9. The number of carbonyl (C=O) groups is 3. The summed E-state index contributed by atoms with van der Waals surface area (Å²) >= 11 is 4.71. The third-order valence-corrected chi connectivity index (χ3v) is 11.4. The van der Waals surface area contributed by atoms with Crippen LogP contribution in [0.25, 0.3) is 22.1 Å². The van der Waals surface area contributed by atoms with Crippen LogP contribution in [0, 0.1) is 0 Å². The zero-order chi connectivity index (χ0) is 47.8. The molecule has 0 atom stereocenters. The van der Waals surface area contributed by atoms with Crippen LogP contribution >= 0.6 is 11.6 Å². The number of halogens is 1. The van der Waals surface area contributed by atoms with Gasteiger partial charge in [0.2, 0.25) is 11.1 Å². The molecular formula is C54H50ClN7O6. The molecule has 1 saturated carbocycles. The molecule has 68 heavy (non-hydrogen) atoms. The van der Waals surface area contributed by atoms with Crippen molar-refractivity contribution in [1.82, 2.24) is 34.0 Å². The van der Waals surface area contributed by atoms with Gasteiger partial charge in [-0.25, -0.2) is 24.7 Å². The topological polar surface area (TPSA) is 155 Å². The fraction of sp³-hybridized carbons (Fsp3) is 0.167. The Hall–Kier alpha value is -8.16. The maximum Gasteiger partial charge on any atom is 0.327 e. The largest absolute Gasteiger partial charge is 0.478 e. The van der Waals surface area contributed by atoms with Crippen molar-refractivity contribution in [2.75, 3.05) is 13.1 Å². The van der Waals surface area contributed by atoms with Gasteiger partial charge < -0.3 is 28.6 Å². The van der Waals surface area contributed by atoms with Gasteiger partial charge in [-0.05, 0) is 115 Å². The van der Waals surface area contributed by atoms with E-state index in [4.69, 9.17) is 26.2 Å². The van der Waals surface area contributed by atoms with Crippen molar-refractivity contribution in [3.63, 3.8) is 0 Å². The molecule has 13 nitrogen and oxygen atoms in total. The van der Waals surface area contributed by atoms with Crippen LogP contribution < -0.4 is 9.47 Å². The molecule has 4 aromatic carbocycles. The Morgan fingerprint density at radius 2 is 1.00 bits per heavy atom. The van der Waals surface area contributed by atoms with E-state index in [9.17, 15) is 14.4 Å². The standard InChI is InChI=1S/C25H22N4O2.C23H21N3O.C3H3ClO.C3H4O2/c1-2-24(30)28-15-19(16-28)29-13-12-22-25(29)23(27-17-26-22)14-18-8-10-21(11-9-18)31-20-6-4-3-5-7-20;1-2-7-19(8-3-1)27-20-11-9-17(10-12-20)15-22-23-21(24-16-25-22)13-14-26(23)18-5-4-6-18;2*1-2-3(4)5/h2-13,17,19H,1,14-16H2;1-3,7-14,16,18H,4-6,15H2;2H,1H2;2H,1H2,(H,4,5). The zero-order valence-electron chi connectivity index (χ0n) is 37.3. The molecule has 2 fully saturated rings. The fourth-order valence-electron chi connectivity index (χ4n) is 7.58. The molecule has 0 bridgehead atoms. The maximum atomic E-state index is 11.8. The molecule has 1 aliphatic heterocycles. The van der Waals surface area contributed by atoms with Crippen LogP contribution in [0.1, 0.15) is 53.9 Å². The number of nitrogens with zero attached hydrogens (tertiary/aromatic N) is 7. The number of hydrogen-bond acceptors (Lipinski definition) is 9. The first-order valence-electron chi connectivity index (χ1n) is 22.0. The van der Waals surface area contributed by atoms with E-state index in [1.807, 2.05) is 97.2 Å². The van der Waals surface area contributed by atoms with Gasteiger partial charge in [0.1, 0.15) is 35.7 Å². The highest BCUT2D eigenvalue weighted by Crippen LogP contribution is 2.35. The van der Waals surface area contributed by atoms with Crippen LogP contribution in [0.15, 0.2) is 184 Å². The Morgan fingerprint density at radius 1 is 0.588 bits per heavy atom. The SMILES string of the molecule is C=CC(=O)Cl.C=CC(=O)N1CC(n2ccc3ncnc(Cc4ccc(Oc5ccccc5)cc4)c32)C1.C=CC(=O)O.c1ccc(Oc2ccc(Cc3ncnc4ccn(C5CCC5)c34)cc2)cc1. The molecule has 10 rings (SSSR count). The van der Waals surface area contributed by atoms with Gasteiger partial charge in [0.05, 0.1) is 39.5 Å². The molecule has 5 heterocycles. The van der Waals surface area contributed by atoms with Crippen LogP contribution in [0.3, 0.4) is 0 Å². The third kappa shape index (κ3) is 12.6. The summed E-state index contributed by atoms with van der Waals surface area (Å²) in [7, 11) is 0. The molecule has 344 valence electrons. The molecule has 1 N–H and O–H groups in total. The lowest BCUT2D eigenvalue weighted by Crippen LogP contribution is -2.50. The summed E-state index contributed by atoms with van der Waals surface area (Å²) in [5.41, 5.74) is 8.60. The highest BCUT2D eigenvalue weighted by Gasteiger charge is 2.32. The predicted molar refractivity (Wildman–Crippen MR) is 264 cm³/mol. The number of likely N-dealkylation sites (tertiary alicyclic amines) is 1. The molecular weight excluding hydrogens is 878 g/mol. The quantitative estimate of drug-likeness (QED) is 0.0872. The minimum Gasteiger partial charge on any atom is -0.478 e. The molecule has 0 spiro atoms. The lowest BCUT2D eigenvalue weighted by molar-refractivity contribution is -0.132. The Bertz CT molecular complexity index is 2960. The van der Waals surface area contributed by atoms with Crippen molar-refractivity contribution in [2.24, 2.45) is 0 Å². The first-order valence-corrected chi connectivity index (χ1v) is 22.3. The summed E-state index contributed by atoms with van der Waals surface area (Å²) in [6.07, 6.45) is 16.1. The van der Waals surface area contributed by atoms with Crippen LogP contribution in [-0.4, -0.2) is 69.3 Å². The number of rotatable bonds is 13. The van der Waals surface area contributed by atoms with E-state index in [0.717, 1.165) is 75.1 Å². The van der Waals surface area contributed by atoms with Crippen molar-refractivity contribution in [3.05, 3.63) is 207 Å². The number of amides is 1. The fourth-order valence-corrected chi connectivity index (χ4v) is 7.58. The number of fused-ring (bicyclic) bond motifs is 2. The second-order valence-electron chi connectivity index (χ2n) is 15.8. The summed E-state index contributed by atoms with van der Waals surface area (Å²) in [5.74, 6) is 2.30. The van der Waals surface area contributed by atoms with E-state index in [-0.39, 0.29) is 11.9 Å². The Kier molecular flexibility index (Phi) is 16.4. The molecule has 2 aliphatic rings. The molecule has 8 aromatic rings. The third-order valence-electron chi connectivity index (χ3n) is 11.2. The van der Waals surface area contributed by atoms with E-state index in [2.05, 4.69) is 85.3 Å². The summed E-state index contributed by atoms with van der Waals surface area (Å²) in [5, 5.41) is 7.09. The first-order chi connectivity index (χ1) is 33.1. The predicted octanol–water partition coefficient (Wildman–Crippen LogP) is 11.1. The van der Waals surface area contributed by atoms with Crippen molar-refractivity contribution in [1.29, 1.82) is 0 Å². The van der Waals surface area contributed by atoms with Gasteiger partial charge in [0, 0.05) is 50.4 Å². The minimum atomic E-state index is -0.981. The molecule has 0 unspecified atom stereocenters. The lowest BCUT2D eigenvalue weighted by atomic mass is 9.93.